The lowest BCUT2D eigenvalue weighted by Crippen LogP contribution is -2.28. The van der Waals surface area contributed by atoms with E-state index in [9.17, 15) is 14.4 Å². The average molecular weight is 395 g/mol. The van der Waals surface area contributed by atoms with Crippen molar-refractivity contribution in [2.45, 2.75) is 39.7 Å². The SMILES string of the molecule is CC(=O)c1cccc(NC(=O)Cn2cnc3sc4c(c3c2=O)CCC(C)C4)c1. The fourth-order valence-corrected chi connectivity index (χ4v) is 4.99. The molecule has 0 saturated heterocycles. The number of hydrogen-bond acceptors (Lipinski definition) is 5. The molecule has 7 heteroatoms. The van der Waals surface area contributed by atoms with E-state index in [2.05, 4.69) is 17.2 Å². The van der Waals surface area contributed by atoms with E-state index in [0.717, 1.165) is 29.7 Å². The Morgan fingerprint density at radius 3 is 2.96 bits per heavy atom. The monoisotopic (exact) mass is 395 g/mol. The molecule has 0 spiro atoms. The van der Waals surface area contributed by atoms with Gasteiger partial charge in [0.2, 0.25) is 5.91 Å². The van der Waals surface area contributed by atoms with Crippen molar-refractivity contribution in [3.8, 4) is 0 Å². The summed E-state index contributed by atoms with van der Waals surface area (Å²) >= 11 is 1.60. The first-order chi connectivity index (χ1) is 13.4. The molecule has 0 aliphatic heterocycles. The van der Waals surface area contributed by atoms with Crippen molar-refractivity contribution in [1.29, 1.82) is 0 Å². The van der Waals surface area contributed by atoms with Gasteiger partial charge < -0.3 is 5.32 Å². The van der Waals surface area contributed by atoms with Crippen molar-refractivity contribution in [2.24, 2.45) is 5.92 Å². The van der Waals surface area contributed by atoms with Crippen molar-refractivity contribution >= 4 is 38.9 Å². The lowest BCUT2D eigenvalue weighted by atomic mass is 9.89. The summed E-state index contributed by atoms with van der Waals surface area (Å²) in [5.74, 6) is 0.222. The van der Waals surface area contributed by atoms with E-state index in [-0.39, 0.29) is 23.8 Å². The van der Waals surface area contributed by atoms with Crippen molar-refractivity contribution in [1.82, 2.24) is 9.55 Å². The molecule has 2 heterocycles. The van der Waals surface area contributed by atoms with Crippen molar-refractivity contribution in [3.63, 3.8) is 0 Å². The molecule has 6 nitrogen and oxygen atoms in total. The molecule has 1 aromatic carbocycles. The summed E-state index contributed by atoms with van der Waals surface area (Å²) < 4.78 is 1.36. The van der Waals surface area contributed by atoms with E-state index in [1.807, 2.05) is 0 Å². The Morgan fingerprint density at radius 2 is 2.18 bits per heavy atom. The molecule has 1 aliphatic carbocycles. The number of carbonyl (C=O) groups is 2. The Labute approximate surface area is 166 Å². The Balaban J connectivity index is 1.59. The molecule has 1 amide bonds. The Bertz CT molecular complexity index is 1150. The zero-order chi connectivity index (χ0) is 19.8. The number of carbonyl (C=O) groups excluding carboxylic acids is 2. The van der Waals surface area contributed by atoms with Crippen molar-refractivity contribution in [2.75, 3.05) is 5.32 Å². The zero-order valence-corrected chi connectivity index (χ0v) is 16.6. The van der Waals surface area contributed by atoms with Gasteiger partial charge in [0.1, 0.15) is 11.4 Å². The number of nitrogens with zero attached hydrogens (tertiary/aromatic N) is 2. The minimum absolute atomic E-state index is 0.0708. The third-order valence-electron chi connectivity index (χ3n) is 5.15. The van der Waals surface area contributed by atoms with E-state index >= 15 is 0 Å². The van der Waals surface area contributed by atoms with Crippen molar-refractivity contribution < 1.29 is 9.59 Å². The lowest BCUT2D eigenvalue weighted by molar-refractivity contribution is -0.116. The van der Waals surface area contributed by atoms with E-state index in [1.165, 1.54) is 22.7 Å². The Hall–Kier alpha value is -2.80. The van der Waals surface area contributed by atoms with E-state index < -0.39 is 0 Å². The minimum atomic E-state index is -0.332. The maximum absolute atomic E-state index is 13.0. The van der Waals surface area contributed by atoms with Crippen LogP contribution in [0.4, 0.5) is 5.69 Å². The van der Waals surface area contributed by atoms with Crippen LogP contribution in [-0.2, 0) is 24.2 Å². The second-order valence-electron chi connectivity index (χ2n) is 7.39. The third kappa shape index (κ3) is 3.49. The van der Waals surface area contributed by atoms with E-state index in [1.54, 1.807) is 35.6 Å². The van der Waals surface area contributed by atoms with Gasteiger partial charge in [-0.05, 0) is 49.8 Å². The lowest BCUT2D eigenvalue weighted by Gasteiger charge is -2.17. The number of rotatable bonds is 4. The van der Waals surface area contributed by atoms with E-state index in [0.29, 0.717) is 22.6 Å². The standard InChI is InChI=1S/C21H21N3O3S/c1-12-6-7-16-17(8-12)28-20-19(16)21(27)24(11-22-20)10-18(26)23-15-5-3-4-14(9-15)13(2)25/h3-5,9,11-12H,6-8,10H2,1-2H3,(H,23,26). The number of Topliss-reactive ketones (excluding diaryl/α,β-unsaturated/α-hetero) is 1. The van der Waals surface area contributed by atoms with Crippen LogP contribution < -0.4 is 10.9 Å². The number of aromatic nitrogens is 2. The molecular weight excluding hydrogens is 374 g/mol. The molecule has 144 valence electrons. The molecule has 0 bridgehead atoms. The highest BCUT2D eigenvalue weighted by Crippen LogP contribution is 2.35. The highest BCUT2D eigenvalue weighted by Gasteiger charge is 2.23. The summed E-state index contributed by atoms with van der Waals surface area (Å²) in [5, 5.41) is 3.41. The number of ketones is 1. The first-order valence-electron chi connectivity index (χ1n) is 9.33. The number of nitrogens with one attached hydrogen (secondary N) is 1. The molecule has 3 aromatic rings. The molecule has 4 rings (SSSR count). The number of thiophene rings is 1. The highest BCUT2D eigenvalue weighted by atomic mass is 32.1. The van der Waals surface area contributed by atoms with Crippen LogP contribution in [0, 0.1) is 5.92 Å². The molecule has 2 aromatic heterocycles. The molecular formula is C21H21N3O3S. The molecule has 1 aliphatic rings. The van der Waals surface area contributed by atoms with Gasteiger partial charge >= 0.3 is 0 Å². The van der Waals surface area contributed by atoms with Crippen LogP contribution in [0.2, 0.25) is 0 Å². The molecule has 1 N–H and O–H groups in total. The van der Waals surface area contributed by atoms with Crippen LogP contribution in [0.1, 0.15) is 41.1 Å². The van der Waals surface area contributed by atoms with E-state index in [4.69, 9.17) is 0 Å². The van der Waals surface area contributed by atoms with Crippen LogP contribution >= 0.6 is 11.3 Å². The van der Waals surface area contributed by atoms with Gasteiger partial charge in [0.05, 0.1) is 11.7 Å². The number of hydrogen-bond donors (Lipinski definition) is 1. The largest absolute Gasteiger partial charge is 0.325 e. The molecule has 1 atom stereocenters. The van der Waals surface area contributed by atoms with Crippen LogP contribution in [0.3, 0.4) is 0 Å². The Kier molecular flexibility index (Phi) is 4.85. The molecule has 0 fully saturated rings. The predicted molar refractivity (Wildman–Crippen MR) is 110 cm³/mol. The first kappa shape index (κ1) is 18.6. The van der Waals surface area contributed by atoms with Gasteiger partial charge in [0.25, 0.3) is 5.56 Å². The van der Waals surface area contributed by atoms with Crippen LogP contribution in [0.25, 0.3) is 10.2 Å². The maximum atomic E-state index is 13.0. The second kappa shape index (κ2) is 7.31. The van der Waals surface area contributed by atoms with Crippen LogP contribution in [0.15, 0.2) is 35.4 Å². The Morgan fingerprint density at radius 1 is 1.36 bits per heavy atom. The summed E-state index contributed by atoms with van der Waals surface area (Å²) in [5.41, 5.74) is 2.00. The van der Waals surface area contributed by atoms with Gasteiger partial charge in [-0.2, -0.15) is 0 Å². The average Bonchev–Trinajstić information content (AvgIpc) is 3.02. The summed E-state index contributed by atoms with van der Waals surface area (Å²) in [6.07, 6.45) is 4.39. The second-order valence-corrected chi connectivity index (χ2v) is 8.48. The predicted octanol–water partition coefficient (Wildman–Crippen LogP) is 3.42. The number of amides is 1. The van der Waals surface area contributed by atoms with Gasteiger partial charge in [0, 0.05) is 16.1 Å². The van der Waals surface area contributed by atoms with Crippen LogP contribution in [0.5, 0.6) is 0 Å². The number of benzene rings is 1. The van der Waals surface area contributed by atoms with Crippen LogP contribution in [-0.4, -0.2) is 21.2 Å². The van der Waals surface area contributed by atoms with Gasteiger partial charge in [-0.15, -0.1) is 11.3 Å². The van der Waals surface area contributed by atoms with Crippen molar-refractivity contribution in [3.05, 3.63) is 57.0 Å². The fraction of sp³-hybridized carbons (Fsp3) is 0.333. The zero-order valence-electron chi connectivity index (χ0n) is 15.8. The summed E-state index contributed by atoms with van der Waals surface area (Å²) in [6.45, 7) is 3.58. The molecule has 28 heavy (non-hydrogen) atoms. The number of anilines is 1. The normalized spacial score (nSPS) is 16.0. The maximum Gasteiger partial charge on any atom is 0.262 e. The number of fused-ring (bicyclic) bond motifs is 3. The quantitative estimate of drug-likeness (QED) is 0.687. The van der Waals surface area contributed by atoms with Gasteiger partial charge in [-0.25, -0.2) is 4.98 Å². The number of aryl methyl sites for hydroxylation is 1. The first-order valence-corrected chi connectivity index (χ1v) is 10.1. The molecule has 0 radical (unpaired) electrons. The summed E-state index contributed by atoms with van der Waals surface area (Å²) in [6, 6.07) is 6.75. The van der Waals surface area contributed by atoms with Gasteiger partial charge in [0.15, 0.2) is 5.78 Å². The molecule has 1 unspecified atom stereocenters. The van der Waals surface area contributed by atoms with Gasteiger partial charge in [-0.3, -0.25) is 19.0 Å². The molecule has 0 saturated carbocycles. The van der Waals surface area contributed by atoms with Gasteiger partial charge in [-0.1, -0.05) is 19.1 Å². The summed E-state index contributed by atoms with van der Waals surface area (Å²) in [4.78, 5) is 43.3. The highest BCUT2D eigenvalue weighted by molar-refractivity contribution is 7.18. The topological polar surface area (TPSA) is 81.1 Å². The minimum Gasteiger partial charge on any atom is -0.325 e. The third-order valence-corrected chi connectivity index (χ3v) is 6.31. The smallest absolute Gasteiger partial charge is 0.262 e. The fourth-order valence-electron chi connectivity index (χ4n) is 3.65. The summed E-state index contributed by atoms with van der Waals surface area (Å²) in [7, 11) is 0.